The second-order valence-corrected chi connectivity index (χ2v) is 5.12. The normalized spacial score (nSPS) is 12.2. The Balaban J connectivity index is 2.10. The van der Waals surface area contributed by atoms with Crippen molar-refractivity contribution in [3.8, 4) is 11.1 Å². The van der Waals surface area contributed by atoms with Crippen LogP contribution in [0.4, 0.5) is 19.0 Å². The molecule has 1 N–H and O–H groups in total. The molecule has 0 unspecified atom stereocenters. The third kappa shape index (κ3) is 3.03. The van der Waals surface area contributed by atoms with E-state index in [1.54, 1.807) is 17.4 Å². The summed E-state index contributed by atoms with van der Waals surface area (Å²) < 4.78 is 37.7. The van der Waals surface area contributed by atoms with E-state index in [9.17, 15) is 13.2 Å². The molecule has 0 radical (unpaired) electrons. The SMILES string of the molecule is CN(C)C=Nc1ncnc2[nH]cc(-c3cnc(C(F)(F)F)nc3)c12. The van der Waals surface area contributed by atoms with Crippen LogP contribution in [0.3, 0.4) is 0 Å². The van der Waals surface area contributed by atoms with Crippen molar-refractivity contribution in [3.05, 3.63) is 30.7 Å². The number of nitrogens with one attached hydrogen (secondary N) is 1. The lowest BCUT2D eigenvalue weighted by atomic mass is 10.1. The van der Waals surface area contributed by atoms with Gasteiger partial charge in [0.1, 0.15) is 12.0 Å². The molecule has 0 aromatic carbocycles. The van der Waals surface area contributed by atoms with E-state index < -0.39 is 12.0 Å². The minimum Gasteiger partial charge on any atom is -0.369 e. The third-order valence-electron chi connectivity index (χ3n) is 3.08. The number of aliphatic imine (C=N–C) groups is 1. The predicted molar refractivity (Wildman–Crippen MR) is 81.8 cm³/mol. The van der Waals surface area contributed by atoms with Crippen LogP contribution in [0, 0.1) is 0 Å². The Bertz CT molecular complexity index is 882. The van der Waals surface area contributed by atoms with Crippen LogP contribution in [0.1, 0.15) is 5.82 Å². The largest absolute Gasteiger partial charge is 0.451 e. The van der Waals surface area contributed by atoms with Gasteiger partial charge in [-0.1, -0.05) is 0 Å². The van der Waals surface area contributed by atoms with E-state index in [1.165, 1.54) is 6.33 Å². The predicted octanol–water partition coefficient (Wildman–Crippen LogP) is 2.66. The summed E-state index contributed by atoms with van der Waals surface area (Å²) in [5.74, 6) is -0.793. The Morgan fingerprint density at radius 3 is 2.46 bits per heavy atom. The summed E-state index contributed by atoms with van der Waals surface area (Å²) in [6.45, 7) is 0. The summed E-state index contributed by atoms with van der Waals surface area (Å²) in [6, 6.07) is 0. The van der Waals surface area contributed by atoms with Gasteiger partial charge in [-0.2, -0.15) is 13.2 Å². The van der Waals surface area contributed by atoms with Crippen molar-refractivity contribution in [2.24, 2.45) is 4.99 Å². The number of nitrogens with zero attached hydrogens (tertiary/aromatic N) is 6. The van der Waals surface area contributed by atoms with Crippen molar-refractivity contribution in [2.45, 2.75) is 6.18 Å². The van der Waals surface area contributed by atoms with Crippen molar-refractivity contribution in [1.29, 1.82) is 0 Å². The summed E-state index contributed by atoms with van der Waals surface area (Å²) in [5.41, 5.74) is 1.50. The highest BCUT2D eigenvalue weighted by molar-refractivity contribution is 6.00. The molecular weight excluding hydrogens is 323 g/mol. The zero-order valence-electron chi connectivity index (χ0n) is 12.7. The molecular formula is C14H12F3N7. The molecule has 0 spiro atoms. The maximum absolute atomic E-state index is 12.6. The monoisotopic (exact) mass is 335 g/mol. The van der Waals surface area contributed by atoms with Gasteiger partial charge < -0.3 is 9.88 Å². The molecule has 124 valence electrons. The van der Waals surface area contributed by atoms with Crippen molar-refractivity contribution >= 4 is 23.2 Å². The Morgan fingerprint density at radius 1 is 1.12 bits per heavy atom. The van der Waals surface area contributed by atoms with Crippen molar-refractivity contribution in [2.75, 3.05) is 14.1 Å². The molecule has 24 heavy (non-hydrogen) atoms. The first-order chi connectivity index (χ1) is 11.4. The standard InChI is InChI=1S/C14H12F3N7/c1-24(2)7-23-12-10-9(5-18-11(10)21-6-22-12)8-3-19-13(20-4-8)14(15,16)17/h3-7H,1-2H3,(H,18,21,22). The highest BCUT2D eigenvalue weighted by atomic mass is 19.4. The Morgan fingerprint density at radius 2 is 1.83 bits per heavy atom. The van der Waals surface area contributed by atoms with Gasteiger partial charge in [-0.15, -0.1) is 0 Å². The number of alkyl halides is 3. The molecule has 0 aliphatic rings. The first-order valence-corrected chi connectivity index (χ1v) is 6.78. The number of H-pyrrole nitrogens is 1. The van der Waals surface area contributed by atoms with E-state index in [0.29, 0.717) is 28.0 Å². The number of fused-ring (bicyclic) bond motifs is 1. The third-order valence-corrected chi connectivity index (χ3v) is 3.08. The lowest BCUT2D eigenvalue weighted by molar-refractivity contribution is -0.144. The molecule has 0 aliphatic carbocycles. The second-order valence-electron chi connectivity index (χ2n) is 5.12. The topological polar surface area (TPSA) is 83.0 Å². The fourth-order valence-electron chi connectivity index (χ4n) is 2.06. The number of aromatic amines is 1. The molecule has 0 aliphatic heterocycles. The number of halogens is 3. The van der Waals surface area contributed by atoms with Crippen LogP contribution in [-0.2, 0) is 6.18 Å². The van der Waals surface area contributed by atoms with Crippen molar-refractivity contribution in [1.82, 2.24) is 29.8 Å². The summed E-state index contributed by atoms with van der Waals surface area (Å²) in [6.07, 6.45) is 2.19. The molecule has 0 bridgehead atoms. The highest BCUT2D eigenvalue weighted by Gasteiger charge is 2.34. The van der Waals surface area contributed by atoms with Crippen LogP contribution in [0.25, 0.3) is 22.2 Å². The maximum atomic E-state index is 12.6. The average molecular weight is 335 g/mol. The molecule has 0 atom stereocenters. The van der Waals surface area contributed by atoms with Gasteiger partial charge in [0, 0.05) is 43.8 Å². The van der Waals surface area contributed by atoms with Crippen LogP contribution >= 0.6 is 0 Å². The van der Waals surface area contributed by atoms with Gasteiger partial charge in [-0.05, 0) is 0 Å². The Hall–Kier alpha value is -3.04. The van der Waals surface area contributed by atoms with Gasteiger partial charge in [-0.3, -0.25) is 0 Å². The molecule has 7 nitrogen and oxygen atoms in total. The molecule has 3 aromatic rings. The minimum atomic E-state index is -4.58. The van der Waals surface area contributed by atoms with Crippen LogP contribution in [0.15, 0.2) is 29.9 Å². The summed E-state index contributed by atoms with van der Waals surface area (Å²) >= 11 is 0. The Labute approximate surface area is 134 Å². The van der Waals surface area contributed by atoms with Crippen LogP contribution < -0.4 is 0 Å². The van der Waals surface area contributed by atoms with E-state index in [0.717, 1.165) is 12.4 Å². The maximum Gasteiger partial charge on any atom is 0.451 e. The van der Waals surface area contributed by atoms with E-state index in [2.05, 4.69) is 29.9 Å². The van der Waals surface area contributed by atoms with Gasteiger partial charge in [-0.25, -0.2) is 24.9 Å². The average Bonchev–Trinajstić information content (AvgIpc) is 2.96. The van der Waals surface area contributed by atoms with Crippen LogP contribution in [0.5, 0.6) is 0 Å². The molecule has 0 saturated heterocycles. The van der Waals surface area contributed by atoms with E-state index in [-0.39, 0.29) is 0 Å². The first-order valence-electron chi connectivity index (χ1n) is 6.78. The zero-order chi connectivity index (χ0) is 17.3. The fourth-order valence-corrected chi connectivity index (χ4v) is 2.06. The fraction of sp³-hybridized carbons (Fsp3) is 0.214. The molecule has 3 heterocycles. The van der Waals surface area contributed by atoms with Crippen molar-refractivity contribution in [3.63, 3.8) is 0 Å². The lowest BCUT2D eigenvalue weighted by Gasteiger charge is -2.06. The number of rotatable bonds is 3. The number of hydrogen-bond donors (Lipinski definition) is 1. The zero-order valence-corrected chi connectivity index (χ0v) is 12.7. The van der Waals surface area contributed by atoms with Crippen LogP contribution in [-0.4, -0.2) is 50.3 Å². The number of aromatic nitrogens is 5. The summed E-state index contributed by atoms with van der Waals surface area (Å²) in [5, 5.41) is 0.582. The summed E-state index contributed by atoms with van der Waals surface area (Å²) in [7, 11) is 3.62. The highest BCUT2D eigenvalue weighted by Crippen LogP contribution is 2.33. The Kier molecular flexibility index (Phi) is 3.87. The molecule has 3 aromatic heterocycles. The quantitative estimate of drug-likeness (QED) is 0.588. The van der Waals surface area contributed by atoms with E-state index >= 15 is 0 Å². The van der Waals surface area contributed by atoms with Gasteiger partial charge in [0.05, 0.1) is 11.7 Å². The lowest BCUT2D eigenvalue weighted by Crippen LogP contribution is -2.10. The molecule has 3 rings (SSSR count). The van der Waals surface area contributed by atoms with Gasteiger partial charge in [0.2, 0.25) is 5.82 Å². The second kappa shape index (κ2) is 5.87. The number of hydrogen-bond acceptors (Lipinski definition) is 5. The smallest absolute Gasteiger partial charge is 0.369 e. The van der Waals surface area contributed by atoms with Gasteiger partial charge in [0.25, 0.3) is 0 Å². The van der Waals surface area contributed by atoms with Gasteiger partial charge >= 0.3 is 6.18 Å². The molecule has 10 heteroatoms. The van der Waals surface area contributed by atoms with Crippen LogP contribution in [0.2, 0.25) is 0 Å². The van der Waals surface area contributed by atoms with Gasteiger partial charge in [0.15, 0.2) is 5.82 Å². The van der Waals surface area contributed by atoms with Crippen molar-refractivity contribution < 1.29 is 13.2 Å². The van der Waals surface area contributed by atoms with E-state index in [4.69, 9.17) is 0 Å². The minimum absolute atomic E-state index is 0.393. The summed E-state index contributed by atoms with van der Waals surface area (Å²) in [4.78, 5) is 23.9. The van der Waals surface area contributed by atoms with E-state index in [1.807, 2.05) is 14.1 Å². The first kappa shape index (κ1) is 15.8. The molecule has 0 saturated carbocycles. The molecule has 0 amide bonds. The molecule has 0 fully saturated rings.